The van der Waals surface area contributed by atoms with Gasteiger partial charge in [0, 0.05) is 19.3 Å². The van der Waals surface area contributed by atoms with E-state index in [2.05, 4.69) is 4.98 Å². The average molecular weight is 357 g/mol. The van der Waals surface area contributed by atoms with Crippen molar-refractivity contribution in [3.8, 4) is 0 Å². The van der Waals surface area contributed by atoms with Gasteiger partial charge in [-0.15, -0.1) is 0 Å². The van der Waals surface area contributed by atoms with Crippen LogP contribution in [0, 0.1) is 0 Å². The van der Waals surface area contributed by atoms with Crippen LogP contribution in [0.1, 0.15) is 0 Å². The zero-order valence-corrected chi connectivity index (χ0v) is 12.4. The van der Waals surface area contributed by atoms with Crippen molar-refractivity contribution in [2.24, 2.45) is 5.84 Å². The summed E-state index contributed by atoms with van der Waals surface area (Å²) < 4.78 is 38.2. The van der Waals surface area contributed by atoms with Gasteiger partial charge in [0.2, 0.25) is 6.41 Å². The fourth-order valence-electron chi connectivity index (χ4n) is 1.38. The van der Waals surface area contributed by atoms with Crippen LogP contribution < -0.4 is 10.7 Å². The van der Waals surface area contributed by atoms with Gasteiger partial charge in [0.05, 0.1) is 10.7 Å². The van der Waals surface area contributed by atoms with Gasteiger partial charge in [0.25, 0.3) is 5.91 Å². The quantitative estimate of drug-likeness (QED) is 0.294. The number of halogens is 5. The number of hydrazine groups is 1. The molecule has 1 heterocycles. The maximum Gasteiger partial charge on any atom is 0.432 e. The van der Waals surface area contributed by atoms with E-state index < -0.39 is 17.8 Å². The Labute approximate surface area is 132 Å². The number of rotatable bonds is 4. The third-order valence-electron chi connectivity index (χ3n) is 2.32. The highest BCUT2D eigenvalue weighted by Gasteiger charge is 2.37. The number of pyridine rings is 1. The molecule has 2 amide bonds. The Hall–Kier alpha value is -1.84. The van der Waals surface area contributed by atoms with Crippen molar-refractivity contribution >= 4 is 41.2 Å². The number of carbonyl (C=O) groups excluding carboxylic acids is 2. The SMILES string of the molecule is CN(N)/C(=C\C(=O)N(C=O)c1cc(Cl)cnc1Cl)C(F)(F)F. The number of allylic oxidation sites excluding steroid dienone is 1. The number of nitrogens with two attached hydrogens (primary N) is 1. The van der Waals surface area contributed by atoms with Crippen molar-refractivity contribution in [1.29, 1.82) is 0 Å². The molecule has 2 N–H and O–H groups in total. The highest BCUT2D eigenvalue weighted by molar-refractivity contribution is 6.35. The van der Waals surface area contributed by atoms with E-state index in [-0.39, 0.29) is 33.4 Å². The predicted octanol–water partition coefficient (Wildman–Crippen LogP) is 2.13. The first-order valence-electron chi connectivity index (χ1n) is 5.44. The second-order valence-corrected chi connectivity index (χ2v) is 4.71. The number of alkyl halides is 3. The Morgan fingerprint density at radius 2 is 2.00 bits per heavy atom. The molecule has 0 bridgehead atoms. The van der Waals surface area contributed by atoms with Gasteiger partial charge in [0.1, 0.15) is 5.70 Å². The lowest BCUT2D eigenvalue weighted by atomic mass is 10.3. The lowest BCUT2D eigenvalue weighted by Crippen LogP contribution is -2.36. The molecule has 22 heavy (non-hydrogen) atoms. The van der Waals surface area contributed by atoms with E-state index in [4.69, 9.17) is 29.0 Å². The lowest BCUT2D eigenvalue weighted by molar-refractivity contribution is -0.122. The first-order chi connectivity index (χ1) is 10.1. The molecule has 0 fully saturated rings. The van der Waals surface area contributed by atoms with E-state index in [0.717, 1.165) is 19.3 Å². The van der Waals surface area contributed by atoms with Crippen LogP contribution in [0.2, 0.25) is 10.2 Å². The van der Waals surface area contributed by atoms with Gasteiger partial charge in [-0.05, 0) is 6.07 Å². The zero-order chi connectivity index (χ0) is 17.1. The molecule has 0 radical (unpaired) electrons. The number of imide groups is 1. The molecule has 0 saturated heterocycles. The molecule has 1 aromatic rings. The Balaban J connectivity index is 3.28. The van der Waals surface area contributed by atoms with Crippen LogP contribution in [0.15, 0.2) is 24.0 Å². The molecule has 0 aliphatic rings. The Kier molecular flexibility index (Phi) is 5.75. The van der Waals surface area contributed by atoms with E-state index in [9.17, 15) is 22.8 Å². The first kappa shape index (κ1) is 18.2. The Morgan fingerprint density at radius 1 is 1.41 bits per heavy atom. The van der Waals surface area contributed by atoms with Gasteiger partial charge in [-0.1, -0.05) is 23.2 Å². The van der Waals surface area contributed by atoms with E-state index in [1.54, 1.807) is 0 Å². The topological polar surface area (TPSA) is 79.5 Å². The van der Waals surface area contributed by atoms with Crippen molar-refractivity contribution < 1.29 is 22.8 Å². The molecule has 11 heteroatoms. The molecule has 0 spiro atoms. The van der Waals surface area contributed by atoms with E-state index in [0.29, 0.717) is 4.90 Å². The summed E-state index contributed by atoms with van der Waals surface area (Å²) in [5.41, 5.74) is -1.71. The first-order valence-corrected chi connectivity index (χ1v) is 6.20. The number of carbonyl (C=O) groups is 2. The molecule has 0 aliphatic carbocycles. The number of hydrogen-bond acceptors (Lipinski definition) is 5. The van der Waals surface area contributed by atoms with Crippen molar-refractivity contribution in [2.75, 3.05) is 11.9 Å². The van der Waals surface area contributed by atoms with Crippen molar-refractivity contribution in [1.82, 2.24) is 9.99 Å². The third-order valence-corrected chi connectivity index (χ3v) is 2.82. The normalized spacial score (nSPS) is 12.0. The van der Waals surface area contributed by atoms with E-state index >= 15 is 0 Å². The number of hydrogen-bond donors (Lipinski definition) is 1. The second kappa shape index (κ2) is 6.95. The van der Waals surface area contributed by atoms with E-state index in [1.165, 1.54) is 0 Å². The minimum Gasteiger partial charge on any atom is -0.310 e. The summed E-state index contributed by atoms with van der Waals surface area (Å²) >= 11 is 11.4. The van der Waals surface area contributed by atoms with Gasteiger partial charge < -0.3 is 5.01 Å². The summed E-state index contributed by atoms with van der Waals surface area (Å²) in [7, 11) is 0.895. The molecule has 0 aliphatic heterocycles. The number of anilines is 1. The highest BCUT2D eigenvalue weighted by Crippen LogP contribution is 2.29. The van der Waals surface area contributed by atoms with Gasteiger partial charge in [0.15, 0.2) is 5.15 Å². The summed E-state index contributed by atoms with van der Waals surface area (Å²) in [6.07, 6.45) is -3.59. The molecule has 6 nitrogen and oxygen atoms in total. The van der Waals surface area contributed by atoms with Crippen LogP contribution >= 0.6 is 23.2 Å². The smallest absolute Gasteiger partial charge is 0.310 e. The largest absolute Gasteiger partial charge is 0.432 e. The molecule has 0 saturated carbocycles. The molecule has 1 aromatic heterocycles. The third kappa shape index (κ3) is 4.33. The fourth-order valence-corrected chi connectivity index (χ4v) is 1.72. The number of nitrogens with zero attached hydrogens (tertiary/aromatic N) is 3. The molecule has 1 rings (SSSR count). The molecular formula is C11H9Cl2F3N4O2. The second-order valence-electron chi connectivity index (χ2n) is 3.92. The zero-order valence-electron chi connectivity index (χ0n) is 10.9. The average Bonchev–Trinajstić information content (AvgIpc) is 2.39. The van der Waals surface area contributed by atoms with Crippen molar-refractivity contribution in [3.63, 3.8) is 0 Å². The van der Waals surface area contributed by atoms with Crippen LogP contribution in [0.3, 0.4) is 0 Å². The van der Waals surface area contributed by atoms with Crippen LogP contribution in [0.25, 0.3) is 0 Å². The maximum atomic E-state index is 12.7. The Morgan fingerprint density at radius 3 is 2.45 bits per heavy atom. The van der Waals surface area contributed by atoms with Crippen molar-refractivity contribution in [3.05, 3.63) is 34.2 Å². The van der Waals surface area contributed by atoms with Gasteiger partial charge in [-0.3, -0.25) is 9.59 Å². The summed E-state index contributed by atoms with van der Waals surface area (Å²) in [6.45, 7) is 0. The molecule has 0 aromatic carbocycles. The van der Waals surface area contributed by atoms with Gasteiger partial charge in [-0.25, -0.2) is 15.7 Å². The standard InChI is InChI=1S/C11H9Cl2F3N4O2/c1-19(17)8(11(14,15)16)3-9(22)20(5-21)7-2-6(12)4-18-10(7)13/h2-5H,17H2,1H3/b8-3-. The fraction of sp³-hybridized carbons (Fsp3) is 0.182. The summed E-state index contributed by atoms with van der Waals surface area (Å²) in [6, 6.07) is 1.11. The minimum atomic E-state index is -4.88. The summed E-state index contributed by atoms with van der Waals surface area (Å²) in [5.74, 6) is 3.72. The van der Waals surface area contributed by atoms with Crippen molar-refractivity contribution in [2.45, 2.75) is 6.18 Å². The summed E-state index contributed by atoms with van der Waals surface area (Å²) in [5, 5.41) is -0.0402. The van der Waals surface area contributed by atoms with Crippen LogP contribution in [-0.2, 0) is 9.59 Å². The van der Waals surface area contributed by atoms with E-state index in [1.807, 2.05) is 0 Å². The molecule has 0 atom stereocenters. The lowest BCUT2D eigenvalue weighted by Gasteiger charge is -2.20. The molecule has 120 valence electrons. The molecular weight excluding hydrogens is 348 g/mol. The predicted molar refractivity (Wildman–Crippen MR) is 73.9 cm³/mol. The Bertz CT molecular complexity index is 620. The number of aromatic nitrogens is 1. The van der Waals surface area contributed by atoms with Gasteiger partial charge in [-0.2, -0.15) is 13.2 Å². The van der Waals surface area contributed by atoms with Crippen LogP contribution in [-0.4, -0.2) is 35.5 Å². The van der Waals surface area contributed by atoms with Gasteiger partial charge >= 0.3 is 6.18 Å². The number of amides is 2. The summed E-state index contributed by atoms with van der Waals surface area (Å²) in [4.78, 5) is 26.9. The van der Waals surface area contributed by atoms with Crippen LogP contribution in [0.5, 0.6) is 0 Å². The molecule has 0 unspecified atom stereocenters. The van der Waals surface area contributed by atoms with Crippen LogP contribution in [0.4, 0.5) is 18.9 Å². The monoisotopic (exact) mass is 356 g/mol. The highest BCUT2D eigenvalue weighted by atomic mass is 35.5. The maximum absolute atomic E-state index is 12.7. The minimum absolute atomic E-state index is 0.0113.